The first-order valence-electron chi connectivity index (χ1n) is 9.95. The Kier molecular flexibility index (Phi) is 7.09. The minimum absolute atomic E-state index is 0.0482. The molecule has 0 saturated carbocycles. The lowest BCUT2D eigenvalue weighted by atomic mass is 10.00. The molecule has 0 aliphatic carbocycles. The summed E-state index contributed by atoms with van der Waals surface area (Å²) in [5.74, 6) is 0.0482. The molecule has 156 valence electrons. The van der Waals surface area contributed by atoms with Crippen LogP contribution in [0.3, 0.4) is 0 Å². The van der Waals surface area contributed by atoms with Crippen LogP contribution in [-0.2, 0) is 37.3 Å². The van der Waals surface area contributed by atoms with Crippen molar-refractivity contribution in [3.63, 3.8) is 0 Å². The highest BCUT2D eigenvalue weighted by molar-refractivity contribution is 7.89. The molecular weight excluding hydrogens is 380 g/mol. The molecular formula is C20H30N2O5S. The van der Waals surface area contributed by atoms with Crippen LogP contribution in [0.2, 0.25) is 0 Å². The van der Waals surface area contributed by atoms with E-state index in [1.165, 1.54) is 0 Å². The molecule has 0 aromatic heterocycles. The standard InChI is InChI=1S/C20H30N2O5S/c1-3-27-12-9-20(23)21-11-8-16-6-7-19(13-17(16)14-21)28(24,25)22-10-4-5-18(22)15-26-2/h6-7,13,18H,3-5,8-12,14-15H2,1-2H3. The summed E-state index contributed by atoms with van der Waals surface area (Å²) in [6.45, 7) is 4.96. The van der Waals surface area contributed by atoms with Gasteiger partial charge in [0.2, 0.25) is 15.9 Å². The van der Waals surface area contributed by atoms with E-state index in [2.05, 4.69) is 0 Å². The van der Waals surface area contributed by atoms with Gasteiger partial charge in [-0.25, -0.2) is 8.42 Å². The number of methoxy groups -OCH3 is 1. The van der Waals surface area contributed by atoms with Crippen LogP contribution >= 0.6 is 0 Å². The maximum Gasteiger partial charge on any atom is 0.243 e. The molecule has 1 aromatic rings. The maximum atomic E-state index is 13.2. The Bertz CT molecular complexity index is 796. The van der Waals surface area contributed by atoms with Crippen LogP contribution in [0, 0.1) is 0 Å². The second-order valence-electron chi connectivity index (χ2n) is 7.31. The number of carbonyl (C=O) groups excluding carboxylic acids is 1. The highest BCUT2D eigenvalue weighted by atomic mass is 32.2. The molecule has 1 unspecified atom stereocenters. The third kappa shape index (κ3) is 4.56. The van der Waals surface area contributed by atoms with Gasteiger partial charge in [-0.15, -0.1) is 0 Å². The zero-order chi connectivity index (χ0) is 20.1. The van der Waals surface area contributed by atoms with E-state index in [0.717, 1.165) is 30.4 Å². The van der Waals surface area contributed by atoms with Crippen molar-refractivity contribution in [2.45, 2.75) is 50.1 Å². The largest absolute Gasteiger partial charge is 0.383 e. The third-order valence-electron chi connectivity index (χ3n) is 5.50. The van der Waals surface area contributed by atoms with Gasteiger partial charge in [0.25, 0.3) is 0 Å². The summed E-state index contributed by atoms with van der Waals surface area (Å²) in [5.41, 5.74) is 2.03. The molecule has 0 spiro atoms. The topological polar surface area (TPSA) is 76.2 Å². The van der Waals surface area contributed by atoms with E-state index in [9.17, 15) is 13.2 Å². The monoisotopic (exact) mass is 410 g/mol. The first kappa shape index (κ1) is 21.2. The quantitative estimate of drug-likeness (QED) is 0.611. The van der Waals surface area contributed by atoms with Crippen LogP contribution in [0.5, 0.6) is 0 Å². The lowest BCUT2D eigenvalue weighted by Crippen LogP contribution is -2.39. The first-order chi connectivity index (χ1) is 13.5. The molecule has 1 aromatic carbocycles. The van der Waals surface area contributed by atoms with Crippen molar-refractivity contribution in [1.82, 2.24) is 9.21 Å². The molecule has 1 amide bonds. The molecule has 28 heavy (non-hydrogen) atoms. The van der Waals surface area contributed by atoms with Gasteiger partial charge >= 0.3 is 0 Å². The van der Waals surface area contributed by atoms with Crippen LogP contribution in [0.15, 0.2) is 23.1 Å². The Morgan fingerprint density at radius 2 is 2.07 bits per heavy atom. The van der Waals surface area contributed by atoms with Gasteiger partial charge in [0.15, 0.2) is 0 Å². The molecule has 2 aliphatic rings. The molecule has 2 aliphatic heterocycles. The zero-order valence-corrected chi connectivity index (χ0v) is 17.5. The van der Waals surface area contributed by atoms with Crippen LogP contribution in [0.4, 0.5) is 0 Å². The first-order valence-corrected chi connectivity index (χ1v) is 11.4. The van der Waals surface area contributed by atoms with Crippen molar-refractivity contribution in [2.24, 2.45) is 0 Å². The smallest absolute Gasteiger partial charge is 0.243 e. The maximum absolute atomic E-state index is 13.2. The lowest BCUT2D eigenvalue weighted by molar-refractivity contribution is -0.133. The van der Waals surface area contributed by atoms with Crippen molar-refractivity contribution in [2.75, 3.05) is 40.0 Å². The number of benzene rings is 1. The fourth-order valence-corrected chi connectivity index (χ4v) is 5.72. The van der Waals surface area contributed by atoms with Gasteiger partial charge in [-0.3, -0.25) is 4.79 Å². The molecule has 0 N–H and O–H groups in total. The highest BCUT2D eigenvalue weighted by Gasteiger charge is 2.35. The van der Waals surface area contributed by atoms with E-state index >= 15 is 0 Å². The number of sulfonamides is 1. The predicted molar refractivity (Wildman–Crippen MR) is 105 cm³/mol. The number of amides is 1. The second-order valence-corrected chi connectivity index (χ2v) is 9.20. The minimum atomic E-state index is -3.57. The summed E-state index contributed by atoms with van der Waals surface area (Å²) in [6.07, 6.45) is 2.76. The van der Waals surface area contributed by atoms with E-state index in [1.54, 1.807) is 28.4 Å². The van der Waals surface area contributed by atoms with Gasteiger partial charge in [-0.05, 0) is 49.4 Å². The number of rotatable bonds is 8. The van der Waals surface area contributed by atoms with Gasteiger partial charge in [-0.1, -0.05) is 6.07 Å². The SMILES string of the molecule is CCOCCC(=O)N1CCc2ccc(S(=O)(=O)N3CCCC3COC)cc2C1. The van der Waals surface area contributed by atoms with E-state index in [4.69, 9.17) is 9.47 Å². The van der Waals surface area contributed by atoms with Crippen molar-refractivity contribution in [3.8, 4) is 0 Å². The van der Waals surface area contributed by atoms with Crippen molar-refractivity contribution >= 4 is 15.9 Å². The summed E-state index contributed by atoms with van der Waals surface area (Å²) < 4.78 is 38.4. The summed E-state index contributed by atoms with van der Waals surface area (Å²) in [6, 6.07) is 5.23. The van der Waals surface area contributed by atoms with Crippen molar-refractivity contribution < 1.29 is 22.7 Å². The van der Waals surface area contributed by atoms with Crippen molar-refractivity contribution in [3.05, 3.63) is 29.3 Å². The van der Waals surface area contributed by atoms with Gasteiger partial charge in [0.05, 0.1) is 24.5 Å². The van der Waals surface area contributed by atoms with E-state index in [-0.39, 0.29) is 11.9 Å². The molecule has 3 rings (SSSR count). The Morgan fingerprint density at radius 3 is 2.82 bits per heavy atom. The molecule has 8 heteroatoms. The minimum Gasteiger partial charge on any atom is -0.383 e. The Hall–Kier alpha value is -1.48. The van der Waals surface area contributed by atoms with Crippen LogP contribution in [0.1, 0.15) is 37.3 Å². The van der Waals surface area contributed by atoms with Crippen LogP contribution in [-0.4, -0.2) is 69.6 Å². The van der Waals surface area contributed by atoms with Gasteiger partial charge in [0.1, 0.15) is 0 Å². The summed E-state index contributed by atoms with van der Waals surface area (Å²) in [4.78, 5) is 14.5. The van der Waals surface area contributed by atoms with Crippen LogP contribution in [0.25, 0.3) is 0 Å². The normalized spacial score (nSPS) is 20.4. The molecule has 1 atom stereocenters. The molecule has 7 nitrogen and oxygen atoms in total. The summed E-state index contributed by atoms with van der Waals surface area (Å²) in [5, 5.41) is 0. The number of hydrogen-bond acceptors (Lipinski definition) is 5. The highest BCUT2D eigenvalue weighted by Crippen LogP contribution is 2.29. The zero-order valence-electron chi connectivity index (χ0n) is 16.7. The number of ether oxygens (including phenoxy) is 2. The average Bonchev–Trinajstić information content (AvgIpc) is 3.16. The van der Waals surface area contributed by atoms with E-state index in [0.29, 0.717) is 50.8 Å². The van der Waals surface area contributed by atoms with Crippen molar-refractivity contribution in [1.29, 1.82) is 0 Å². The molecule has 0 bridgehead atoms. The second kappa shape index (κ2) is 9.35. The third-order valence-corrected chi connectivity index (χ3v) is 7.44. The number of nitrogens with zero attached hydrogens (tertiary/aromatic N) is 2. The number of carbonyl (C=O) groups is 1. The lowest BCUT2D eigenvalue weighted by Gasteiger charge is -2.30. The number of hydrogen-bond donors (Lipinski definition) is 0. The molecule has 1 fully saturated rings. The van der Waals surface area contributed by atoms with Crippen LogP contribution < -0.4 is 0 Å². The Morgan fingerprint density at radius 1 is 1.25 bits per heavy atom. The van der Waals surface area contributed by atoms with Gasteiger partial charge in [-0.2, -0.15) is 4.31 Å². The van der Waals surface area contributed by atoms with Gasteiger partial charge < -0.3 is 14.4 Å². The average molecular weight is 411 g/mol. The molecule has 2 heterocycles. The Labute approximate surface area is 167 Å². The molecule has 0 radical (unpaired) electrons. The van der Waals surface area contributed by atoms with Gasteiger partial charge in [0, 0.05) is 39.4 Å². The fourth-order valence-electron chi connectivity index (χ4n) is 3.99. The summed E-state index contributed by atoms with van der Waals surface area (Å²) >= 11 is 0. The predicted octanol–water partition coefficient (Wildman–Crippen LogP) is 1.80. The van der Waals surface area contributed by atoms with E-state index < -0.39 is 10.0 Å². The van der Waals surface area contributed by atoms with E-state index in [1.807, 2.05) is 13.0 Å². The molecule has 1 saturated heterocycles. The summed E-state index contributed by atoms with van der Waals surface area (Å²) in [7, 11) is -1.97. The number of fused-ring (bicyclic) bond motifs is 1. The fraction of sp³-hybridized carbons (Fsp3) is 0.650. The Balaban J connectivity index is 1.76.